The smallest absolute Gasteiger partial charge is 0.193 e. The highest BCUT2D eigenvalue weighted by Gasteiger charge is 2.37. The summed E-state index contributed by atoms with van der Waals surface area (Å²) in [5, 5.41) is 3.66. The van der Waals surface area contributed by atoms with E-state index in [2.05, 4.69) is 22.1 Å². The number of nitrogens with one attached hydrogen (secondary N) is 1. The van der Waals surface area contributed by atoms with Crippen LogP contribution in [0.4, 0.5) is 0 Å². The zero-order chi connectivity index (χ0) is 16.8. The maximum absolute atomic E-state index is 6.11. The maximum Gasteiger partial charge on any atom is 0.193 e. The molecule has 0 spiro atoms. The lowest BCUT2D eigenvalue weighted by Gasteiger charge is -2.35. The molecule has 5 nitrogen and oxygen atoms in total. The first-order valence-electron chi connectivity index (χ1n) is 10.0. The second-order valence-electron chi connectivity index (χ2n) is 7.59. The van der Waals surface area contributed by atoms with E-state index >= 15 is 0 Å². The van der Waals surface area contributed by atoms with Crippen molar-refractivity contribution in [3.8, 4) is 0 Å². The zero-order valence-electron chi connectivity index (χ0n) is 15.9. The quantitative estimate of drug-likeness (QED) is 0.371. The number of nitrogens with zero attached hydrogens (tertiary/aromatic N) is 2. The molecule has 0 aromatic carbocycles. The first-order valence-corrected chi connectivity index (χ1v) is 10.0. The molecule has 0 bridgehead atoms. The van der Waals surface area contributed by atoms with Crippen LogP contribution in [0, 0.1) is 5.92 Å². The number of piperidine rings is 1. The molecule has 0 amide bonds. The summed E-state index contributed by atoms with van der Waals surface area (Å²) in [4.78, 5) is 6.90. The third-order valence-corrected chi connectivity index (χ3v) is 5.64. The minimum Gasteiger partial charge on any atom is -0.376 e. The number of ether oxygens (including phenoxy) is 2. The van der Waals surface area contributed by atoms with Gasteiger partial charge in [-0.3, -0.25) is 4.99 Å². The molecule has 2 heterocycles. The molecule has 1 aliphatic carbocycles. The highest BCUT2D eigenvalue weighted by molar-refractivity contribution is 14.0. The Morgan fingerprint density at radius 1 is 1.24 bits per heavy atom. The van der Waals surface area contributed by atoms with Crippen LogP contribution in [0.2, 0.25) is 0 Å². The average molecular weight is 465 g/mol. The highest BCUT2D eigenvalue weighted by atomic mass is 127. The molecule has 3 aliphatic rings. The molecule has 2 saturated heterocycles. The minimum absolute atomic E-state index is 0. The fourth-order valence-electron chi connectivity index (χ4n) is 3.99. The van der Waals surface area contributed by atoms with Crippen molar-refractivity contribution in [1.82, 2.24) is 10.2 Å². The van der Waals surface area contributed by atoms with Gasteiger partial charge >= 0.3 is 0 Å². The summed E-state index contributed by atoms with van der Waals surface area (Å²) in [5.74, 6) is 1.95. The lowest BCUT2D eigenvalue weighted by molar-refractivity contribution is -0.0721. The van der Waals surface area contributed by atoms with Gasteiger partial charge in [0.05, 0.1) is 18.8 Å². The molecule has 1 saturated carbocycles. The Balaban J connectivity index is 0.00000225. The Morgan fingerprint density at radius 2 is 2.04 bits per heavy atom. The van der Waals surface area contributed by atoms with E-state index in [9.17, 15) is 0 Å². The molecule has 3 atom stereocenters. The number of likely N-dealkylation sites (tertiary alicyclic amines) is 1. The first kappa shape index (κ1) is 21.2. The van der Waals surface area contributed by atoms with Gasteiger partial charge in [0.25, 0.3) is 0 Å². The largest absolute Gasteiger partial charge is 0.376 e. The molecule has 2 aliphatic heterocycles. The summed E-state index contributed by atoms with van der Waals surface area (Å²) in [7, 11) is 1.91. The van der Waals surface area contributed by atoms with Crippen molar-refractivity contribution in [2.45, 2.75) is 76.5 Å². The van der Waals surface area contributed by atoms with Crippen molar-refractivity contribution in [2.75, 3.05) is 33.4 Å². The molecule has 3 fully saturated rings. The standard InChI is InChI=1S/C19H35N3O2.HI/c1-3-6-15-13-18(15)21-19(20-2)22-10-8-16(9-11-22)24-14-17-7-4-5-12-23-17;/h15-18H,3-14H2,1-2H3,(H,20,21);1H. The molecule has 0 aromatic rings. The van der Waals surface area contributed by atoms with Gasteiger partial charge in [-0.1, -0.05) is 13.3 Å². The van der Waals surface area contributed by atoms with Crippen molar-refractivity contribution < 1.29 is 9.47 Å². The van der Waals surface area contributed by atoms with Crippen LogP contribution < -0.4 is 5.32 Å². The molecule has 0 radical (unpaired) electrons. The second-order valence-corrected chi connectivity index (χ2v) is 7.59. The Labute approximate surface area is 170 Å². The molecule has 6 heteroatoms. The van der Waals surface area contributed by atoms with Crippen molar-refractivity contribution in [3.05, 3.63) is 0 Å². The van der Waals surface area contributed by atoms with Gasteiger partial charge in [-0.05, 0) is 50.9 Å². The summed E-state index contributed by atoms with van der Waals surface area (Å²) < 4.78 is 11.9. The Kier molecular flexibility index (Phi) is 9.27. The van der Waals surface area contributed by atoms with Crippen LogP contribution in [0.5, 0.6) is 0 Å². The molecule has 0 aromatic heterocycles. The van der Waals surface area contributed by atoms with E-state index in [0.717, 1.165) is 57.4 Å². The summed E-state index contributed by atoms with van der Waals surface area (Å²) in [6.07, 6.45) is 10.5. The first-order chi connectivity index (χ1) is 11.8. The summed E-state index contributed by atoms with van der Waals surface area (Å²) in [6.45, 7) is 6.04. The van der Waals surface area contributed by atoms with E-state index < -0.39 is 0 Å². The predicted octanol–water partition coefficient (Wildman–Crippen LogP) is 3.42. The monoisotopic (exact) mass is 465 g/mol. The predicted molar refractivity (Wildman–Crippen MR) is 113 cm³/mol. The fourth-order valence-corrected chi connectivity index (χ4v) is 3.99. The minimum atomic E-state index is 0. The summed E-state index contributed by atoms with van der Waals surface area (Å²) >= 11 is 0. The van der Waals surface area contributed by atoms with Crippen molar-refractivity contribution in [2.24, 2.45) is 10.9 Å². The molecule has 146 valence electrons. The maximum atomic E-state index is 6.11. The van der Waals surface area contributed by atoms with Crippen LogP contribution in [-0.4, -0.2) is 62.5 Å². The van der Waals surface area contributed by atoms with Crippen LogP contribution in [0.1, 0.15) is 58.3 Å². The lowest BCUT2D eigenvalue weighted by Crippen LogP contribution is -2.48. The fraction of sp³-hybridized carbons (Fsp3) is 0.947. The van der Waals surface area contributed by atoms with Gasteiger partial charge in [0.15, 0.2) is 5.96 Å². The molecule has 3 unspecified atom stereocenters. The van der Waals surface area contributed by atoms with E-state index in [1.807, 2.05) is 7.05 Å². The third kappa shape index (κ3) is 6.54. The van der Waals surface area contributed by atoms with Gasteiger partial charge in [-0.2, -0.15) is 0 Å². The number of halogens is 1. The van der Waals surface area contributed by atoms with Crippen LogP contribution >= 0.6 is 24.0 Å². The number of guanidine groups is 1. The Bertz CT molecular complexity index is 407. The van der Waals surface area contributed by atoms with E-state index in [1.54, 1.807) is 0 Å². The van der Waals surface area contributed by atoms with E-state index in [4.69, 9.17) is 9.47 Å². The molecule has 3 rings (SSSR count). The zero-order valence-corrected chi connectivity index (χ0v) is 18.2. The normalized spacial score (nSPS) is 30.7. The van der Waals surface area contributed by atoms with Crippen LogP contribution in [0.3, 0.4) is 0 Å². The molecule has 1 N–H and O–H groups in total. The second kappa shape index (κ2) is 10.9. The third-order valence-electron chi connectivity index (χ3n) is 5.64. The van der Waals surface area contributed by atoms with Crippen LogP contribution in [-0.2, 0) is 9.47 Å². The highest BCUT2D eigenvalue weighted by Crippen LogP contribution is 2.34. The lowest BCUT2D eigenvalue weighted by atomic mass is 10.1. The van der Waals surface area contributed by atoms with E-state index in [-0.39, 0.29) is 24.0 Å². The SMILES string of the molecule is CCCC1CC1NC(=NC)N1CCC(OCC2CCCCO2)CC1.I. The van der Waals surface area contributed by atoms with Crippen LogP contribution in [0.15, 0.2) is 4.99 Å². The van der Waals surface area contributed by atoms with Gasteiger partial charge < -0.3 is 19.7 Å². The topological polar surface area (TPSA) is 46.1 Å². The van der Waals surface area contributed by atoms with Crippen molar-refractivity contribution >= 4 is 29.9 Å². The van der Waals surface area contributed by atoms with Gasteiger partial charge in [-0.25, -0.2) is 0 Å². The number of rotatable bonds is 6. The van der Waals surface area contributed by atoms with E-state index in [0.29, 0.717) is 18.2 Å². The number of hydrogen-bond acceptors (Lipinski definition) is 3. The molecular formula is C19H36IN3O2. The van der Waals surface area contributed by atoms with E-state index in [1.165, 1.54) is 32.1 Å². The number of aliphatic imine (C=N–C) groups is 1. The van der Waals surface area contributed by atoms with Gasteiger partial charge in [-0.15, -0.1) is 24.0 Å². The average Bonchev–Trinajstić information content (AvgIpc) is 3.37. The Hall–Kier alpha value is -0.0800. The van der Waals surface area contributed by atoms with Crippen molar-refractivity contribution in [3.63, 3.8) is 0 Å². The Morgan fingerprint density at radius 3 is 2.68 bits per heavy atom. The van der Waals surface area contributed by atoms with Crippen LogP contribution in [0.25, 0.3) is 0 Å². The van der Waals surface area contributed by atoms with Gasteiger partial charge in [0, 0.05) is 32.8 Å². The van der Waals surface area contributed by atoms with Gasteiger partial charge in [0.1, 0.15) is 0 Å². The van der Waals surface area contributed by atoms with Crippen molar-refractivity contribution in [1.29, 1.82) is 0 Å². The summed E-state index contributed by atoms with van der Waals surface area (Å²) in [5.41, 5.74) is 0. The summed E-state index contributed by atoms with van der Waals surface area (Å²) in [6, 6.07) is 0.654. The molecule has 25 heavy (non-hydrogen) atoms. The molecular weight excluding hydrogens is 429 g/mol. The van der Waals surface area contributed by atoms with Gasteiger partial charge in [0.2, 0.25) is 0 Å². The number of hydrogen-bond donors (Lipinski definition) is 1.